The van der Waals surface area contributed by atoms with Crippen LogP contribution in [0.1, 0.15) is 5.56 Å². The fourth-order valence-corrected chi connectivity index (χ4v) is 1.82. The van der Waals surface area contributed by atoms with E-state index in [0.717, 1.165) is 5.69 Å². The molecule has 5 heteroatoms. The molecule has 2 aromatic rings. The molecule has 90 valence electrons. The zero-order valence-electron chi connectivity index (χ0n) is 9.24. The average Bonchev–Trinajstić information content (AvgIpc) is 2.36. The Labute approximate surface area is 115 Å². The van der Waals surface area contributed by atoms with Gasteiger partial charge < -0.3 is 11.1 Å². The van der Waals surface area contributed by atoms with Crippen LogP contribution in [0.15, 0.2) is 36.4 Å². The Morgan fingerprint density at radius 1 is 1.11 bits per heavy atom. The van der Waals surface area contributed by atoms with E-state index >= 15 is 0 Å². The van der Waals surface area contributed by atoms with Gasteiger partial charge in [-0.15, -0.1) is 0 Å². The molecule has 0 spiro atoms. The Balaban J connectivity index is 2.34. The van der Waals surface area contributed by atoms with Crippen molar-refractivity contribution in [2.45, 2.75) is 0 Å². The van der Waals surface area contributed by atoms with Crippen LogP contribution in [0.2, 0.25) is 10.0 Å². The summed E-state index contributed by atoms with van der Waals surface area (Å²) in [5.74, 6) is 0. The van der Waals surface area contributed by atoms with E-state index in [1.807, 2.05) is 6.07 Å². The van der Waals surface area contributed by atoms with Gasteiger partial charge in [0.2, 0.25) is 0 Å². The number of nitriles is 1. The second kappa shape index (κ2) is 5.18. The highest BCUT2D eigenvalue weighted by molar-refractivity contribution is 6.35. The van der Waals surface area contributed by atoms with E-state index in [0.29, 0.717) is 27.0 Å². The van der Waals surface area contributed by atoms with E-state index in [2.05, 4.69) is 5.32 Å². The summed E-state index contributed by atoms with van der Waals surface area (Å²) in [6.07, 6.45) is 0. The number of halogens is 2. The van der Waals surface area contributed by atoms with Crippen LogP contribution < -0.4 is 11.1 Å². The highest BCUT2D eigenvalue weighted by Gasteiger charge is 2.04. The number of anilines is 3. The minimum atomic E-state index is 0.415. The van der Waals surface area contributed by atoms with Crippen molar-refractivity contribution in [1.82, 2.24) is 0 Å². The maximum Gasteiger partial charge on any atom is 0.101 e. The second-order valence-corrected chi connectivity index (χ2v) is 4.51. The number of nitrogens with one attached hydrogen (secondary N) is 1. The first-order valence-corrected chi connectivity index (χ1v) is 5.87. The molecule has 3 N–H and O–H groups in total. The van der Waals surface area contributed by atoms with Gasteiger partial charge in [0.15, 0.2) is 0 Å². The summed E-state index contributed by atoms with van der Waals surface area (Å²) in [4.78, 5) is 0. The van der Waals surface area contributed by atoms with E-state index in [-0.39, 0.29) is 0 Å². The molecule has 0 aromatic heterocycles. The van der Waals surface area contributed by atoms with Crippen molar-refractivity contribution in [2.24, 2.45) is 0 Å². The summed E-state index contributed by atoms with van der Waals surface area (Å²) >= 11 is 11.9. The van der Waals surface area contributed by atoms with Gasteiger partial charge in [-0.1, -0.05) is 23.2 Å². The second-order valence-electron chi connectivity index (χ2n) is 3.66. The highest BCUT2D eigenvalue weighted by Crippen LogP contribution is 2.29. The number of hydrogen-bond donors (Lipinski definition) is 2. The molecule has 0 aliphatic rings. The van der Waals surface area contributed by atoms with Crippen molar-refractivity contribution >= 4 is 40.3 Å². The van der Waals surface area contributed by atoms with E-state index in [1.54, 1.807) is 36.4 Å². The Morgan fingerprint density at radius 2 is 1.89 bits per heavy atom. The summed E-state index contributed by atoms with van der Waals surface area (Å²) in [6, 6.07) is 12.2. The third-order valence-corrected chi connectivity index (χ3v) is 2.95. The Kier molecular flexibility index (Phi) is 3.61. The van der Waals surface area contributed by atoms with Crippen LogP contribution >= 0.6 is 23.2 Å². The maximum atomic E-state index is 8.90. The first-order valence-electron chi connectivity index (χ1n) is 5.12. The first-order chi connectivity index (χ1) is 8.60. The van der Waals surface area contributed by atoms with Crippen LogP contribution in [-0.4, -0.2) is 0 Å². The van der Waals surface area contributed by atoms with Gasteiger partial charge in [-0.3, -0.25) is 0 Å². The Hall–Kier alpha value is -1.89. The van der Waals surface area contributed by atoms with Gasteiger partial charge in [-0.2, -0.15) is 5.26 Å². The highest BCUT2D eigenvalue weighted by atomic mass is 35.5. The van der Waals surface area contributed by atoms with E-state index in [9.17, 15) is 0 Å². The van der Waals surface area contributed by atoms with Gasteiger partial charge in [0, 0.05) is 16.4 Å². The van der Waals surface area contributed by atoms with Gasteiger partial charge in [-0.25, -0.2) is 0 Å². The molecule has 2 aromatic carbocycles. The molecule has 0 unspecified atom stereocenters. The third-order valence-electron chi connectivity index (χ3n) is 2.38. The van der Waals surface area contributed by atoms with E-state index in [1.165, 1.54) is 0 Å². The quantitative estimate of drug-likeness (QED) is 0.809. The topological polar surface area (TPSA) is 61.8 Å². The first kappa shape index (κ1) is 12.6. The lowest BCUT2D eigenvalue weighted by Gasteiger charge is -2.09. The zero-order valence-corrected chi connectivity index (χ0v) is 10.8. The summed E-state index contributed by atoms with van der Waals surface area (Å²) in [6.45, 7) is 0. The van der Waals surface area contributed by atoms with Crippen molar-refractivity contribution in [1.29, 1.82) is 5.26 Å². The number of nitrogens with two attached hydrogens (primary N) is 1. The minimum Gasteiger partial charge on any atom is -0.398 e. The average molecular weight is 278 g/mol. The smallest absolute Gasteiger partial charge is 0.101 e. The monoisotopic (exact) mass is 277 g/mol. The number of rotatable bonds is 2. The maximum absolute atomic E-state index is 8.90. The van der Waals surface area contributed by atoms with E-state index in [4.69, 9.17) is 34.2 Å². The number of hydrogen-bond acceptors (Lipinski definition) is 3. The molecular formula is C13H9Cl2N3. The van der Waals surface area contributed by atoms with Crippen molar-refractivity contribution in [2.75, 3.05) is 11.1 Å². The number of nitrogen functional groups attached to an aromatic ring is 1. The van der Waals surface area contributed by atoms with Gasteiger partial charge in [-0.05, 0) is 36.4 Å². The fraction of sp³-hybridized carbons (Fsp3) is 0. The summed E-state index contributed by atoms with van der Waals surface area (Å²) in [5, 5.41) is 13.1. The van der Waals surface area contributed by atoms with Crippen LogP contribution in [0.4, 0.5) is 17.1 Å². The fourth-order valence-electron chi connectivity index (χ4n) is 1.48. The van der Waals surface area contributed by atoms with Gasteiger partial charge in [0.1, 0.15) is 6.07 Å². The molecule has 0 aliphatic heterocycles. The number of benzene rings is 2. The molecule has 0 bridgehead atoms. The molecule has 18 heavy (non-hydrogen) atoms. The molecule has 3 nitrogen and oxygen atoms in total. The molecule has 0 fully saturated rings. The number of nitrogens with zero attached hydrogens (tertiary/aromatic N) is 1. The normalized spacial score (nSPS) is 9.83. The van der Waals surface area contributed by atoms with Crippen LogP contribution in [0.5, 0.6) is 0 Å². The Morgan fingerprint density at radius 3 is 2.61 bits per heavy atom. The molecule has 2 rings (SSSR count). The molecule has 0 aliphatic carbocycles. The SMILES string of the molecule is N#Cc1cc(Nc2cc(Cl)ccc2Cl)ccc1N. The molecule has 0 radical (unpaired) electrons. The largest absolute Gasteiger partial charge is 0.398 e. The van der Waals surface area contributed by atoms with Gasteiger partial charge >= 0.3 is 0 Å². The van der Waals surface area contributed by atoms with Crippen LogP contribution in [-0.2, 0) is 0 Å². The Bertz CT molecular complexity index is 633. The summed E-state index contributed by atoms with van der Waals surface area (Å²) < 4.78 is 0. The van der Waals surface area contributed by atoms with Gasteiger partial charge in [0.25, 0.3) is 0 Å². The molecule has 0 heterocycles. The molecule has 0 saturated carbocycles. The summed E-state index contributed by atoms with van der Waals surface area (Å²) in [7, 11) is 0. The lowest BCUT2D eigenvalue weighted by Crippen LogP contribution is -1.95. The third kappa shape index (κ3) is 2.67. The van der Waals surface area contributed by atoms with E-state index < -0.39 is 0 Å². The lowest BCUT2D eigenvalue weighted by atomic mass is 10.1. The standard InChI is InChI=1S/C13H9Cl2N3/c14-9-1-3-11(15)13(6-9)18-10-2-4-12(17)8(5-10)7-16/h1-6,18H,17H2. The van der Waals surface area contributed by atoms with Crippen molar-refractivity contribution in [3.63, 3.8) is 0 Å². The van der Waals surface area contributed by atoms with Crippen molar-refractivity contribution < 1.29 is 0 Å². The molecular weight excluding hydrogens is 269 g/mol. The predicted molar refractivity (Wildman–Crippen MR) is 75.3 cm³/mol. The molecule has 0 amide bonds. The zero-order chi connectivity index (χ0) is 13.1. The van der Waals surface area contributed by atoms with Crippen molar-refractivity contribution in [3.05, 3.63) is 52.0 Å². The van der Waals surface area contributed by atoms with Gasteiger partial charge in [0.05, 0.1) is 16.3 Å². The van der Waals surface area contributed by atoms with Crippen LogP contribution in [0.3, 0.4) is 0 Å². The lowest BCUT2D eigenvalue weighted by molar-refractivity contribution is 1.47. The summed E-state index contributed by atoms with van der Waals surface area (Å²) in [5.41, 5.74) is 7.91. The predicted octanol–water partition coefficient (Wildman–Crippen LogP) is 4.19. The van der Waals surface area contributed by atoms with Crippen LogP contribution in [0, 0.1) is 11.3 Å². The van der Waals surface area contributed by atoms with Crippen molar-refractivity contribution in [3.8, 4) is 6.07 Å². The minimum absolute atomic E-state index is 0.415. The van der Waals surface area contributed by atoms with Crippen LogP contribution in [0.25, 0.3) is 0 Å². The molecule has 0 atom stereocenters. The molecule has 0 saturated heterocycles.